The first-order chi connectivity index (χ1) is 4.91. The summed E-state index contributed by atoms with van der Waals surface area (Å²) < 4.78 is 0. The fourth-order valence-electron chi connectivity index (χ4n) is 0. The molecule has 12 heavy (non-hydrogen) atoms. The first-order valence-corrected chi connectivity index (χ1v) is 2.62. The van der Waals surface area contributed by atoms with E-state index >= 15 is 0 Å². The molecule has 0 bridgehead atoms. The number of rotatable bonds is 2. The zero-order valence-electron chi connectivity index (χ0n) is 6.43. The molecule has 0 spiro atoms. The first kappa shape index (κ1) is 17.1. The van der Waals surface area contributed by atoms with Crippen molar-refractivity contribution in [2.75, 3.05) is 0 Å². The maximum absolute atomic E-state index is 9.49. The molecule has 0 amide bonds. The standard InChI is InChI=1S/C4H6O2.C3H4O2.Cu/c1-3(2)4(5)6;1-2-3(4)5;/h1H2,2H3,(H,5,6);2H,1H2,(H,4,5);/q;;+2/p-2. The SMILES string of the molecule is C=C(C)C(=O)[O-].C=CC(=O)[O-].[Cu+2]. The van der Waals surface area contributed by atoms with Crippen molar-refractivity contribution in [2.45, 2.75) is 6.92 Å². The van der Waals surface area contributed by atoms with Crippen LogP contribution in [0.1, 0.15) is 6.92 Å². The third-order valence-electron chi connectivity index (χ3n) is 0.515. The zero-order valence-corrected chi connectivity index (χ0v) is 7.37. The van der Waals surface area contributed by atoms with E-state index < -0.39 is 11.9 Å². The number of hydrogen-bond acceptors (Lipinski definition) is 4. The minimum absolute atomic E-state index is 0. The van der Waals surface area contributed by atoms with E-state index in [1.165, 1.54) is 6.92 Å². The van der Waals surface area contributed by atoms with E-state index in [0.717, 1.165) is 6.08 Å². The Bertz CT molecular complexity index is 174. The summed E-state index contributed by atoms with van der Waals surface area (Å²) in [6, 6.07) is 0. The van der Waals surface area contributed by atoms with Gasteiger partial charge in [0, 0.05) is 0 Å². The van der Waals surface area contributed by atoms with Gasteiger partial charge in [-0.2, -0.15) is 0 Å². The van der Waals surface area contributed by atoms with Crippen molar-refractivity contribution in [2.24, 2.45) is 0 Å². The molecule has 0 aliphatic carbocycles. The Morgan fingerprint density at radius 1 is 1.33 bits per heavy atom. The van der Waals surface area contributed by atoms with Gasteiger partial charge in [0.25, 0.3) is 0 Å². The second kappa shape index (κ2) is 9.94. The molecule has 71 valence electrons. The van der Waals surface area contributed by atoms with E-state index in [-0.39, 0.29) is 22.6 Å². The van der Waals surface area contributed by atoms with Crippen LogP contribution in [0.2, 0.25) is 0 Å². The van der Waals surface area contributed by atoms with Gasteiger partial charge >= 0.3 is 17.1 Å². The molecule has 0 saturated carbocycles. The van der Waals surface area contributed by atoms with Crippen molar-refractivity contribution in [1.29, 1.82) is 0 Å². The smallest absolute Gasteiger partial charge is 0.545 e. The fraction of sp³-hybridized carbons (Fsp3) is 0.143. The number of carbonyl (C=O) groups is 2. The predicted molar refractivity (Wildman–Crippen MR) is 35.0 cm³/mol. The number of carboxylic acids is 2. The Kier molecular flexibility index (Phi) is 14.2. The van der Waals surface area contributed by atoms with Crippen molar-refractivity contribution in [3.63, 3.8) is 0 Å². The summed E-state index contributed by atoms with van der Waals surface area (Å²) in [5.41, 5.74) is 0.0648. The molecule has 4 nitrogen and oxygen atoms in total. The summed E-state index contributed by atoms with van der Waals surface area (Å²) in [6.45, 7) is 7.38. The van der Waals surface area contributed by atoms with Gasteiger partial charge < -0.3 is 19.8 Å². The quantitative estimate of drug-likeness (QED) is 0.407. The molecule has 0 saturated heterocycles. The molecule has 0 fully saturated rings. The van der Waals surface area contributed by atoms with E-state index in [4.69, 9.17) is 9.90 Å². The third kappa shape index (κ3) is 23.1. The van der Waals surface area contributed by atoms with Crippen LogP contribution in [-0.2, 0) is 26.7 Å². The molecular weight excluding hydrogens is 212 g/mol. The molecular formula is C7H8CuO4. The Hall–Kier alpha value is -1.06. The predicted octanol–water partition coefficient (Wildman–Crippen LogP) is -1.77. The Morgan fingerprint density at radius 2 is 1.50 bits per heavy atom. The minimum atomic E-state index is -1.23. The van der Waals surface area contributed by atoms with E-state index in [1.807, 2.05) is 0 Å². The Morgan fingerprint density at radius 3 is 1.50 bits per heavy atom. The average molecular weight is 220 g/mol. The monoisotopic (exact) mass is 219 g/mol. The largest absolute Gasteiger partial charge is 2.00 e. The number of aliphatic carboxylic acids is 2. The van der Waals surface area contributed by atoms with Gasteiger partial charge in [0.15, 0.2) is 0 Å². The van der Waals surface area contributed by atoms with Crippen LogP contribution < -0.4 is 10.2 Å². The van der Waals surface area contributed by atoms with Crippen LogP contribution in [0.3, 0.4) is 0 Å². The summed E-state index contributed by atoms with van der Waals surface area (Å²) in [5.74, 6) is -2.42. The molecule has 0 rings (SSSR count). The third-order valence-corrected chi connectivity index (χ3v) is 0.515. The summed E-state index contributed by atoms with van der Waals surface area (Å²) in [6.07, 6.45) is 0.722. The van der Waals surface area contributed by atoms with Gasteiger partial charge in [-0.25, -0.2) is 0 Å². The van der Waals surface area contributed by atoms with Crippen LogP contribution in [0.15, 0.2) is 24.8 Å². The van der Waals surface area contributed by atoms with E-state index in [9.17, 15) is 9.90 Å². The van der Waals surface area contributed by atoms with Gasteiger partial charge in [-0.3, -0.25) is 0 Å². The van der Waals surface area contributed by atoms with Gasteiger partial charge in [-0.15, -0.1) is 0 Å². The number of carboxylic acid groups (broad SMARTS) is 2. The molecule has 1 radical (unpaired) electrons. The Labute approximate surface area is 81.1 Å². The van der Waals surface area contributed by atoms with Crippen molar-refractivity contribution in [3.8, 4) is 0 Å². The maximum Gasteiger partial charge on any atom is 2.00 e. The van der Waals surface area contributed by atoms with Crippen LogP contribution in [0.4, 0.5) is 0 Å². The summed E-state index contributed by atoms with van der Waals surface area (Å²) >= 11 is 0. The Balaban J connectivity index is -0.000000126. The second-order valence-electron chi connectivity index (χ2n) is 1.59. The van der Waals surface area contributed by atoms with Crippen LogP contribution in [0.5, 0.6) is 0 Å². The van der Waals surface area contributed by atoms with Crippen LogP contribution in [-0.4, -0.2) is 11.9 Å². The zero-order chi connectivity index (χ0) is 9.44. The van der Waals surface area contributed by atoms with E-state index in [1.54, 1.807) is 0 Å². The molecule has 0 aliphatic heterocycles. The van der Waals surface area contributed by atoms with Gasteiger partial charge in [-0.05, 0) is 18.6 Å². The van der Waals surface area contributed by atoms with Crippen LogP contribution in [0.25, 0.3) is 0 Å². The van der Waals surface area contributed by atoms with Gasteiger partial charge in [-0.1, -0.05) is 13.2 Å². The summed E-state index contributed by atoms with van der Waals surface area (Å²) in [7, 11) is 0. The first-order valence-electron chi connectivity index (χ1n) is 2.62. The van der Waals surface area contributed by atoms with Crippen molar-refractivity contribution < 1.29 is 36.9 Å². The number of hydrogen-bond donors (Lipinski definition) is 0. The molecule has 0 aromatic heterocycles. The van der Waals surface area contributed by atoms with E-state index in [2.05, 4.69) is 13.2 Å². The van der Waals surface area contributed by atoms with Crippen molar-refractivity contribution in [3.05, 3.63) is 24.8 Å². The molecule has 0 aliphatic rings. The topological polar surface area (TPSA) is 80.3 Å². The minimum Gasteiger partial charge on any atom is -0.545 e. The van der Waals surface area contributed by atoms with Crippen LogP contribution in [0, 0.1) is 0 Å². The van der Waals surface area contributed by atoms with E-state index in [0.29, 0.717) is 0 Å². The molecule has 0 heterocycles. The molecule has 0 unspecified atom stereocenters. The molecule has 0 N–H and O–H groups in total. The van der Waals surface area contributed by atoms with Gasteiger partial charge in [0.2, 0.25) is 0 Å². The summed E-state index contributed by atoms with van der Waals surface area (Å²) in [5, 5.41) is 18.6. The number of carbonyl (C=O) groups excluding carboxylic acids is 2. The van der Waals surface area contributed by atoms with Crippen molar-refractivity contribution >= 4 is 11.9 Å². The normalized spacial score (nSPS) is 6.42. The van der Waals surface area contributed by atoms with Gasteiger partial charge in [0.1, 0.15) is 0 Å². The molecule has 0 aromatic rings. The molecule has 0 atom stereocenters. The second-order valence-corrected chi connectivity index (χ2v) is 1.59. The summed E-state index contributed by atoms with van der Waals surface area (Å²) in [4.78, 5) is 18.6. The van der Waals surface area contributed by atoms with Gasteiger partial charge in [0.05, 0.1) is 11.9 Å². The average Bonchev–Trinajstić information content (AvgIpc) is 1.89. The maximum atomic E-state index is 9.49. The van der Waals surface area contributed by atoms with Crippen molar-refractivity contribution in [1.82, 2.24) is 0 Å². The van der Waals surface area contributed by atoms with Crippen LogP contribution >= 0.6 is 0 Å². The molecule has 0 aromatic carbocycles. The molecule has 5 heteroatoms. The fourth-order valence-corrected chi connectivity index (χ4v) is 0.